The van der Waals surface area contributed by atoms with Crippen LogP contribution in [-0.4, -0.2) is 34.8 Å². The molecule has 1 aliphatic heterocycles. The summed E-state index contributed by atoms with van der Waals surface area (Å²) in [7, 11) is 0. The molecule has 4 rings (SSSR count). The molecular formula is C22H24FNO3. The van der Waals surface area contributed by atoms with Gasteiger partial charge in [-0.25, -0.2) is 9.18 Å². The minimum atomic E-state index is -0.891. The molecule has 2 fully saturated rings. The fraction of sp³-hybridized carbons (Fsp3) is 0.409. The van der Waals surface area contributed by atoms with E-state index >= 15 is 0 Å². The van der Waals surface area contributed by atoms with Gasteiger partial charge in [0, 0.05) is 19.5 Å². The lowest BCUT2D eigenvalue weighted by Gasteiger charge is -2.26. The van der Waals surface area contributed by atoms with Gasteiger partial charge in [-0.3, -0.25) is 0 Å². The molecule has 2 aliphatic rings. The van der Waals surface area contributed by atoms with Crippen molar-refractivity contribution < 1.29 is 19.0 Å². The third-order valence-electron chi connectivity index (χ3n) is 5.80. The average molecular weight is 369 g/mol. The Labute approximate surface area is 158 Å². The first-order valence-electron chi connectivity index (χ1n) is 9.44. The number of benzene rings is 2. The minimum absolute atomic E-state index is 0.242. The van der Waals surface area contributed by atoms with Gasteiger partial charge in [0.15, 0.2) is 0 Å². The van der Waals surface area contributed by atoms with Crippen LogP contribution in [0.4, 0.5) is 9.18 Å². The highest BCUT2D eigenvalue weighted by Gasteiger charge is 2.49. The molecule has 0 bridgehead atoms. The number of hydrogen-bond acceptors (Lipinski definition) is 3. The summed E-state index contributed by atoms with van der Waals surface area (Å²) in [5.74, 6) is 0.214. The van der Waals surface area contributed by atoms with Crippen LogP contribution in [-0.2, 0) is 17.8 Å². The monoisotopic (exact) mass is 369 g/mol. The summed E-state index contributed by atoms with van der Waals surface area (Å²) < 4.78 is 19.3. The molecule has 1 N–H and O–H groups in total. The van der Waals surface area contributed by atoms with Gasteiger partial charge in [-0.2, -0.15) is 0 Å². The maximum absolute atomic E-state index is 13.9. The van der Waals surface area contributed by atoms with Crippen LogP contribution >= 0.6 is 0 Å². The van der Waals surface area contributed by atoms with Gasteiger partial charge in [0.25, 0.3) is 0 Å². The van der Waals surface area contributed by atoms with E-state index in [2.05, 4.69) is 0 Å². The van der Waals surface area contributed by atoms with Crippen molar-refractivity contribution in [1.82, 2.24) is 4.90 Å². The van der Waals surface area contributed by atoms with E-state index in [9.17, 15) is 14.3 Å². The zero-order valence-corrected chi connectivity index (χ0v) is 15.2. The average Bonchev–Trinajstić information content (AvgIpc) is 3.17. The van der Waals surface area contributed by atoms with Crippen LogP contribution in [0.2, 0.25) is 0 Å². The molecular weight excluding hydrogens is 345 g/mol. The summed E-state index contributed by atoms with van der Waals surface area (Å²) in [6.45, 7) is 1.46. The van der Waals surface area contributed by atoms with E-state index in [1.165, 1.54) is 6.07 Å². The molecule has 4 nitrogen and oxygen atoms in total. The van der Waals surface area contributed by atoms with Crippen molar-refractivity contribution in [3.63, 3.8) is 0 Å². The first-order valence-corrected chi connectivity index (χ1v) is 9.44. The second-order valence-electron chi connectivity index (χ2n) is 7.87. The molecule has 2 aromatic carbocycles. The molecule has 1 amide bonds. The molecule has 1 aliphatic carbocycles. The number of hydrogen-bond donors (Lipinski definition) is 1. The Balaban J connectivity index is 1.31. The van der Waals surface area contributed by atoms with Gasteiger partial charge in [-0.15, -0.1) is 0 Å². The number of halogens is 1. The maximum atomic E-state index is 13.9. The van der Waals surface area contributed by atoms with Crippen molar-refractivity contribution in [2.24, 2.45) is 11.8 Å². The predicted molar refractivity (Wildman–Crippen MR) is 99.5 cm³/mol. The Morgan fingerprint density at radius 3 is 2.37 bits per heavy atom. The normalized spacial score (nSPS) is 26.8. The first kappa shape index (κ1) is 18.0. The summed E-state index contributed by atoms with van der Waals surface area (Å²) in [6.07, 6.45) is 1.21. The zero-order chi connectivity index (χ0) is 18.9. The van der Waals surface area contributed by atoms with E-state index < -0.39 is 5.60 Å². The van der Waals surface area contributed by atoms with Gasteiger partial charge in [-0.1, -0.05) is 48.5 Å². The number of aliphatic hydroxyl groups is 1. The van der Waals surface area contributed by atoms with Gasteiger partial charge < -0.3 is 14.7 Å². The number of rotatable bonds is 4. The molecule has 1 heterocycles. The number of carbonyl (C=O) groups excluding carboxylic acids is 1. The highest BCUT2D eigenvalue weighted by atomic mass is 19.1. The standard InChI is InChI=1S/C22H24FNO3/c23-20-9-5-4-8-17(20)10-22(26)11-18-13-24(14-19(18)12-22)21(25)27-15-16-6-2-1-3-7-16/h1-9,18-19,26H,10-15H2/t18-,19+,22?. The molecule has 1 saturated carbocycles. The number of ether oxygens (including phenoxy) is 1. The van der Waals surface area contributed by atoms with E-state index in [-0.39, 0.29) is 30.4 Å². The van der Waals surface area contributed by atoms with E-state index in [4.69, 9.17) is 4.74 Å². The smallest absolute Gasteiger partial charge is 0.410 e. The molecule has 1 saturated heterocycles. The van der Waals surface area contributed by atoms with Gasteiger partial charge in [0.05, 0.1) is 5.60 Å². The lowest BCUT2D eigenvalue weighted by Crippen LogP contribution is -2.35. The molecule has 0 radical (unpaired) electrons. The third-order valence-corrected chi connectivity index (χ3v) is 5.80. The summed E-state index contributed by atoms with van der Waals surface area (Å²) in [6, 6.07) is 16.2. The number of amides is 1. The van der Waals surface area contributed by atoms with Crippen molar-refractivity contribution in [2.45, 2.75) is 31.5 Å². The van der Waals surface area contributed by atoms with E-state index in [0.29, 0.717) is 37.9 Å². The number of fused-ring (bicyclic) bond motifs is 1. The van der Waals surface area contributed by atoms with Crippen LogP contribution < -0.4 is 0 Å². The molecule has 3 atom stereocenters. The number of likely N-dealkylation sites (tertiary alicyclic amines) is 1. The van der Waals surface area contributed by atoms with Crippen molar-refractivity contribution >= 4 is 6.09 Å². The summed E-state index contributed by atoms with van der Waals surface area (Å²) in [5, 5.41) is 11.0. The Morgan fingerprint density at radius 2 is 1.70 bits per heavy atom. The Kier molecular flexibility index (Phi) is 4.87. The summed E-state index contributed by atoms with van der Waals surface area (Å²) in [4.78, 5) is 14.1. The van der Waals surface area contributed by atoms with E-state index in [1.807, 2.05) is 30.3 Å². The van der Waals surface area contributed by atoms with Crippen LogP contribution in [0.15, 0.2) is 54.6 Å². The highest BCUT2D eigenvalue weighted by Crippen LogP contribution is 2.45. The lowest BCUT2D eigenvalue weighted by molar-refractivity contribution is 0.0329. The molecule has 5 heteroatoms. The quantitative estimate of drug-likeness (QED) is 0.892. The minimum Gasteiger partial charge on any atom is -0.445 e. The van der Waals surface area contributed by atoms with Gasteiger partial charge in [0.2, 0.25) is 0 Å². The molecule has 0 aromatic heterocycles. The van der Waals surface area contributed by atoms with E-state index in [0.717, 1.165) is 5.56 Å². The number of carbonyl (C=O) groups is 1. The van der Waals surface area contributed by atoms with Crippen molar-refractivity contribution in [2.75, 3.05) is 13.1 Å². The zero-order valence-electron chi connectivity index (χ0n) is 15.2. The molecule has 0 spiro atoms. The SMILES string of the molecule is O=C(OCc1ccccc1)N1C[C@@H]2CC(O)(Cc3ccccc3F)C[C@@H]2C1. The second-order valence-corrected chi connectivity index (χ2v) is 7.87. The fourth-order valence-corrected chi connectivity index (χ4v) is 4.56. The van der Waals surface area contributed by atoms with Gasteiger partial charge in [-0.05, 0) is 41.9 Å². The Morgan fingerprint density at radius 1 is 1.07 bits per heavy atom. The molecule has 2 aromatic rings. The van der Waals surface area contributed by atoms with Crippen molar-refractivity contribution in [1.29, 1.82) is 0 Å². The molecule has 142 valence electrons. The Bertz CT molecular complexity index is 796. The fourth-order valence-electron chi connectivity index (χ4n) is 4.56. The maximum Gasteiger partial charge on any atom is 0.410 e. The van der Waals surface area contributed by atoms with Crippen LogP contribution in [0.5, 0.6) is 0 Å². The Hall–Kier alpha value is -2.40. The third kappa shape index (κ3) is 3.98. The summed E-state index contributed by atoms with van der Waals surface area (Å²) in [5.41, 5.74) is 0.626. The summed E-state index contributed by atoms with van der Waals surface area (Å²) >= 11 is 0. The van der Waals surface area contributed by atoms with Gasteiger partial charge in [0.1, 0.15) is 12.4 Å². The second kappa shape index (κ2) is 7.31. The lowest BCUT2D eigenvalue weighted by atomic mass is 9.91. The largest absolute Gasteiger partial charge is 0.445 e. The van der Waals surface area contributed by atoms with Crippen LogP contribution in [0.1, 0.15) is 24.0 Å². The first-order chi connectivity index (χ1) is 13.0. The van der Waals surface area contributed by atoms with Crippen molar-refractivity contribution in [3.05, 3.63) is 71.5 Å². The van der Waals surface area contributed by atoms with Crippen LogP contribution in [0.3, 0.4) is 0 Å². The van der Waals surface area contributed by atoms with E-state index in [1.54, 1.807) is 23.1 Å². The van der Waals surface area contributed by atoms with Crippen LogP contribution in [0, 0.1) is 17.7 Å². The van der Waals surface area contributed by atoms with Crippen LogP contribution in [0.25, 0.3) is 0 Å². The van der Waals surface area contributed by atoms with Crippen molar-refractivity contribution in [3.8, 4) is 0 Å². The predicted octanol–water partition coefficient (Wildman–Crippen LogP) is 3.78. The molecule has 1 unspecified atom stereocenters. The molecule has 27 heavy (non-hydrogen) atoms. The topological polar surface area (TPSA) is 49.8 Å². The highest BCUT2D eigenvalue weighted by molar-refractivity contribution is 5.68. The number of nitrogens with zero attached hydrogens (tertiary/aromatic N) is 1. The van der Waals surface area contributed by atoms with Gasteiger partial charge >= 0.3 is 6.09 Å².